The van der Waals surface area contributed by atoms with Crippen molar-refractivity contribution in [3.05, 3.63) is 12.2 Å². The van der Waals surface area contributed by atoms with Crippen molar-refractivity contribution in [2.75, 3.05) is 13.2 Å². The molecule has 0 saturated carbocycles. The highest BCUT2D eigenvalue weighted by atomic mass is 16.5. The van der Waals surface area contributed by atoms with Gasteiger partial charge in [-0.15, -0.1) is 0 Å². The summed E-state index contributed by atoms with van der Waals surface area (Å²) in [6.45, 7) is 9.31. The first-order valence-electron chi connectivity index (χ1n) is 7.93. The summed E-state index contributed by atoms with van der Waals surface area (Å²) in [5.74, 6) is 1.06. The van der Waals surface area contributed by atoms with Gasteiger partial charge in [-0.25, -0.2) is 4.98 Å². The predicted octanol–water partition coefficient (Wildman–Crippen LogP) is 2.17. The highest BCUT2D eigenvalue weighted by Crippen LogP contribution is 2.29. The van der Waals surface area contributed by atoms with E-state index >= 15 is 0 Å². The summed E-state index contributed by atoms with van der Waals surface area (Å²) < 4.78 is 8.13. The molecule has 1 aromatic heterocycles. The van der Waals surface area contributed by atoms with Crippen LogP contribution < -0.4 is 5.32 Å². The number of aromatic nitrogens is 3. The van der Waals surface area contributed by atoms with Gasteiger partial charge in [0.2, 0.25) is 0 Å². The topological polar surface area (TPSA) is 52.0 Å². The number of hydrogen-bond donors (Lipinski definition) is 1. The number of nitrogens with zero attached hydrogens (tertiary/aromatic N) is 3. The van der Waals surface area contributed by atoms with Crippen LogP contribution in [0.2, 0.25) is 0 Å². The highest BCUT2D eigenvalue weighted by molar-refractivity contribution is 4.99. The lowest BCUT2D eigenvalue weighted by Crippen LogP contribution is -2.53. The molecular weight excluding hydrogens is 252 g/mol. The summed E-state index contributed by atoms with van der Waals surface area (Å²) in [6, 6.07) is 0.299. The molecule has 2 atom stereocenters. The number of likely N-dealkylation sites (N-methyl/N-ethyl adjacent to an activating group) is 1. The van der Waals surface area contributed by atoms with Crippen LogP contribution >= 0.6 is 0 Å². The van der Waals surface area contributed by atoms with Gasteiger partial charge in [0.1, 0.15) is 12.2 Å². The smallest absolute Gasteiger partial charge is 0.138 e. The third-order valence-electron chi connectivity index (χ3n) is 4.20. The number of hydrogen-bond acceptors (Lipinski definition) is 4. The first-order chi connectivity index (χ1) is 9.69. The monoisotopic (exact) mass is 280 g/mol. The van der Waals surface area contributed by atoms with E-state index in [0.29, 0.717) is 6.04 Å². The maximum Gasteiger partial charge on any atom is 0.138 e. The normalized spacial score (nSPS) is 24.8. The molecule has 1 N–H and O–H groups in total. The molecule has 1 aliphatic heterocycles. The van der Waals surface area contributed by atoms with Gasteiger partial charge in [-0.1, -0.05) is 13.8 Å². The van der Waals surface area contributed by atoms with Gasteiger partial charge < -0.3 is 10.1 Å². The molecule has 1 aromatic rings. The van der Waals surface area contributed by atoms with Crippen molar-refractivity contribution in [2.24, 2.45) is 0 Å². The Balaban J connectivity index is 2.10. The van der Waals surface area contributed by atoms with Crippen molar-refractivity contribution >= 4 is 0 Å². The van der Waals surface area contributed by atoms with Crippen LogP contribution in [-0.2, 0) is 17.7 Å². The lowest BCUT2D eigenvalue weighted by Gasteiger charge is -2.41. The van der Waals surface area contributed by atoms with E-state index in [2.05, 4.69) is 36.2 Å². The van der Waals surface area contributed by atoms with Crippen molar-refractivity contribution in [1.82, 2.24) is 20.1 Å². The first-order valence-corrected chi connectivity index (χ1v) is 7.93. The Kier molecular flexibility index (Phi) is 5.54. The van der Waals surface area contributed by atoms with Crippen molar-refractivity contribution in [3.8, 4) is 0 Å². The van der Waals surface area contributed by atoms with E-state index in [1.165, 1.54) is 12.8 Å². The Morgan fingerprint density at radius 3 is 2.95 bits per heavy atom. The molecule has 2 unspecified atom stereocenters. The fourth-order valence-electron chi connectivity index (χ4n) is 3.01. The lowest BCUT2D eigenvalue weighted by molar-refractivity contribution is -0.0885. The van der Waals surface area contributed by atoms with Crippen LogP contribution in [0.15, 0.2) is 6.33 Å². The van der Waals surface area contributed by atoms with Crippen LogP contribution in [0, 0.1) is 0 Å². The van der Waals surface area contributed by atoms with Crippen molar-refractivity contribution in [2.45, 2.75) is 71.1 Å². The van der Waals surface area contributed by atoms with Crippen LogP contribution in [0.25, 0.3) is 0 Å². The van der Waals surface area contributed by atoms with Gasteiger partial charge in [0, 0.05) is 25.6 Å². The maximum atomic E-state index is 6.11. The second-order valence-electron chi connectivity index (χ2n) is 5.83. The minimum absolute atomic E-state index is 0.0861. The second kappa shape index (κ2) is 7.18. The zero-order valence-corrected chi connectivity index (χ0v) is 13.1. The maximum absolute atomic E-state index is 6.11. The molecule has 5 heteroatoms. The summed E-state index contributed by atoms with van der Waals surface area (Å²) in [6.07, 6.45) is 7.17. The van der Waals surface area contributed by atoms with Gasteiger partial charge >= 0.3 is 0 Å². The molecule has 1 saturated heterocycles. The Hall–Kier alpha value is -0.940. The Bertz CT molecular complexity index is 398. The number of ether oxygens (including phenoxy) is 1. The molecule has 1 aliphatic rings. The molecule has 0 radical (unpaired) electrons. The first kappa shape index (κ1) is 15.4. The van der Waals surface area contributed by atoms with Crippen LogP contribution in [0.5, 0.6) is 0 Å². The molecule has 20 heavy (non-hydrogen) atoms. The fraction of sp³-hybridized carbons (Fsp3) is 0.867. The summed E-state index contributed by atoms with van der Waals surface area (Å²) >= 11 is 0. The van der Waals surface area contributed by atoms with Crippen molar-refractivity contribution < 1.29 is 4.74 Å². The second-order valence-corrected chi connectivity index (χ2v) is 5.83. The summed E-state index contributed by atoms with van der Waals surface area (Å²) in [7, 11) is 0. The van der Waals surface area contributed by atoms with Gasteiger partial charge in [-0.3, -0.25) is 4.68 Å². The van der Waals surface area contributed by atoms with E-state index in [4.69, 9.17) is 4.74 Å². The minimum atomic E-state index is -0.0861. The van der Waals surface area contributed by atoms with Gasteiger partial charge in [-0.2, -0.15) is 5.10 Å². The Morgan fingerprint density at radius 2 is 2.30 bits per heavy atom. The SMILES string of the molecule is CCCn1ncnc1CC(NCC)C1(C)CCCCO1. The van der Waals surface area contributed by atoms with E-state index in [1.54, 1.807) is 6.33 Å². The zero-order chi connectivity index (χ0) is 14.4. The van der Waals surface area contributed by atoms with E-state index in [0.717, 1.165) is 44.8 Å². The molecule has 1 fully saturated rings. The third kappa shape index (κ3) is 3.58. The average Bonchev–Trinajstić information content (AvgIpc) is 2.87. The van der Waals surface area contributed by atoms with Crippen LogP contribution in [-0.4, -0.2) is 39.6 Å². The summed E-state index contributed by atoms with van der Waals surface area (Å²) in [5.41, 5.74) is -0.0861. The van der Waals surface area contributed by atoms with E-state index in [-0.39, 0.29) is 5.60 Å². The number of nitrogens with one attached hydrogen (secondary N) is 1. The van der Waals surface area contributed by atoms with E-state index in [1.807, 2.05) is 4.68 Å². The van der Waals surface area contributed by atoms with Gasteiger partial charge in [-0.05, 0) is 39.2 Å². The van der Waals surface area contributed by atoms with Crippen LogP contribution in [0.4, 0.5) is 0 Å². The van der Waals surface area contributed by atoms with E-state index < -0.39 is 0 Å². The Morgan fingerprint density at radius 1 is 1.45 bits per heavy atom. The average molecular weight is 280 g/mol. The summed E-state index contributed by atoms with van der Waals surface area (Å²) in [5, 5.41) is 7.92. The lowest BCUT2D eigenvalue weighted by atomic mass is 9.86. The third-order valence-corrected chi connectivity index (χ3v) is 4.20. The van der Waals surface area contributed by atoms with Crippen molar-refractivity contribution in [3.63, 3.8) is 0 Å². The zero-order valence-electron chi connectivity index (χ0n) is 13.1. The molecule has 2 rings (SSSR count). The number of rotatable bonds is 7. The molecule has 0 spiro atoms. The van der Waals surface area contributed by atoms with E-state index in [9.17, 15) is 0 Å². The quantitative estimate of drug-likeness (QED) is 0.831. The highest BCUT2D eigenvalue weighted by Gasteiger charge is 2.37. The molecule has 0 aromatic carbocycles. The van der Waals surface area contributed by atoms with Gasteiger partial charge in [0.05, 0.1) is 5.60 Å². The van der Waals surface area contributed by atoms with Crippen molar-refractivity contribution in [1.29, 1.82) is 0 Å². The van der Waals surface area contributed by atoms with Crippen LogP contribution in [0.1, 0.15) is 52.3 Å². The fourth-order valence-corrected chi connectivity index (χ4v) is 3.01. The van der Waals surface area contributed by atoms with Gasteiger partial charge in [0.25, 0.3) is 0 Å². The number of aryl methyl sites for hydroxylation is 1. The largest absolute Gasteiger partial charge is 0.374 e. The molecule has 114 valence electrons. The molecule has 0 bridgehead atoms. The molecular formula is C15H28N4O. The predicted molar refractivity (Wildman–Crippen MR) is 79.7 cm³/mol. The standard InChI is InChI=1S/C15H28N4O/c1-4-9-19-14(17-12-18-19)11-13(16-5-2)15(3)8-6-7-10-20-15/h12-13,16H,4-11H2,1-3H3. The molecule has 2 heterocycles. The molecule has 0 aliphatic carbocycles. The molecule has 5 nitrogen and oxygen atoms in total. The summed E-state index contributed by atoms with van der Waals surface area (Å²) in [4.78, 5) is 4.44. The Labute approximate surface area is 122 Å². The van der Waals surface area contributed by atoms with Crippen LogP contribution in [0.3, 0.4) is 0 Å². The van der Waals surface area contributed by atoms with Gasteiger partial charge in [0.15, 0.2) is 0 Å². The molecule has 0 amide bonds. The minimum Gasteiger partial charge on any atom is -0.374 e.